The molecule has 1 aliphatic heterocycles. The van der Waals surface area contributed by atoms with Crippen LogP contribution in [0.3, 0.4) is 0 Å². The molecule has 1 aromatic rings. The van der Waals surface area contributed by atoms with Crippen LogP contribution in [0.1, 0.15) is 17.5 Å². The Bertz CT molecular complexity index is 360. The van der Waals surface area contributed by atoms with Crippen molar-refractivity contribution in [1.82, 2.24) is 9.88 Å². The average Bonchev–Trinajstić information content (AvgIpc) is 2.46. The second-order valence-electron chi connectivity index (χ2n) is 4.41. The summed E-state index contributed by atoms with van der Waals surface area (Å²) in [6, 6.07) is 1.89. The van der Waals surface area contributed by atoms with Crippen molar-refractivity contribution in [3.63, 3.8) is 0 Å². The highest BCUT2D eigenvalue weighted by atomic mass is 16.3. The van der Waals surface area contributed by atoms with Crippen molar-refractivity contribution in [2.75, 3.05) is 25.9 Å². The molecule has 2 heterocycles. The fourth-order valence-corrected chi connectivity index (χ4v) is 2.37. The van der Waals surface area contributed by atoms with Crippen molar-refractivity contribution in [1.29, 1.82) is 0 Å². The standard InChI is InChI=1S/C11H17N3O/c1-8-3-5-13-10(12)9(8)11(15)4-6-14(2)7-11/h3,5,15H,4,6-7H2,1-2H3,(H2,12,13). The lowest BCUT2D eigenvalue weighted by Gasteiger charge is -2.25. The smallest absolute Gasteiger partial charge is 0.129 e. The van der Waals surface area contributed by atoms with E-state index in [0.29, 0.717) is 12.4 Å². The molecule has 0 aliphatic carbocycles. The van der Waals surface area contributed by atoms with E-state index in [4.69, 9.17) is 5.73 Å². The van der Waals surface area contributed by atoms with Crippen LogP contribution >= 0.6 is 0 Å². The largest absolute Gasteiger partial charge is 0.384 e. The zero-order chi connectivity index (χ0) is 11.1. The lowest BCUT2D eigenvalue weighted by molar-refractivity contribution is 0.0488. The maximum atomic E-state index is 10.5. The van der Waals surface area contributed by atoms with Gasteiger partial charge < -0.3 is 15.7 Å². The van der Waals surface area contributed by atoms with Gasteiger partial charge in [-0.2, -0.15) is 0 Å². The second kappa shape index (κ2) is 3.47. The molecule has 0 radical (unpaired) electrons. The first kappa shape index (κ1) is 10.4. The molecule has 0 aromatic carbocycles. The van der Waals surface area contributed by atoms with Crippen molar-refractivity contribution in [3.8, 4) is 0 Å². The summed E-state index contributed by atoms with van der Waals surface area (Å²) >= 11 is 0. The lowest BCUT2D eigenvalue weighted by Crippen LogP contribution is -2.31. The number of likely N-dealkylation sites (N-methyl/N-ethyl adjacent to an activating group) is 1. The summed E-state index contributed by atoms with van der Waals surface area (Å²) in [6.07, 6.45) is 2.40. The Balaban J connectivity index is 2.45. The highest BCUT2D eigenvalue weighted by Gasteiger charge is 2.38. The molecular formula is C11H17N3O. The zero-order valence-corrected chi connectivity index (χ0v) is 9.20. The number of nitrogen functional groups attached to an aromatic ring is 1. The van der Waals surface area contributed by atoms with E-state index in [-0.39, 0.29) is 0 Å². The molecule has 0 spiro atoms. The van der Waals surface area contributed by atoms with E-state index in [2.05, 4.69) is 9.88 Å². The summed E-state index contributed by atoms with van der Waals surface area (Å²) < 4.78 is 0. The average molecular weight is 207 g/mol. The van der Waals surface area contributed by atoms with Crippen LogP contribution in [0, 0.1) is 6.92 Å². The fourth-order valence-electron chi connectivity index (χ4n) is 2.37. The van der Waals surface area contributed by atoms with Gasteiger partial charge in [0, 0.05) is 24.8 Å². The molecule has 0 saturated carbocycles. The zero-order valence-electron chi connectivity index (χ0n) is 9.20. The molecule has 0 bridgehead atoms. The Kier molecular flexibility index (Phi) is 2.40. The quantitative estimate of drug-likeness (QED) is 0.703. The summed E-state index contributed by atoms with van der Waals surface area (Å²) in [4.78, 5) is 6.16. The van der Waals surface area contributed by atoms with Gasteiger partial charge in [0.1, 0.15) is 11.4 Å². The second-order valence-corrected chi connectivity index (χ2v) is 4.41. The van der Waals surface area contributed by atoms with Gasteiger partial charge in [-0.3, -0.25) is 0 Å². The number of hydrogen-bond acceptors (Lipinski definition) is 4. The number of nitrogens with zero attached hydrogens (tertiary/aromatic N) is 2. The third kappa shape index (κ3) is 1.70. The number of rotatable bonds is 1. The van der Waals surface area contributed by atoms with Crippen LogP contribution in [0.25, 0.3) is 0 Å². The fraction of sp³-hybridized carbons (Fsp3) is 0.545. The van der Waals surface area contributed by atoms with Crippen molar-refractivity contribution in [2.45, 2.75) is 18.9 Å². The van der Waals surface area contributed by atoms with Crippen molar-refractivity contribution < 1.29 is 5.11 Å². The molecule has 1 saturated heterocycles. The van der Waals surface area contributed by atoms with Gasteiger partial charge in [-0.15, -0.1) is 0 Å². The lowest BCUT2D eigenvalue weighted by atomic mass is 9.90. The van der Waals surface area contributed by atoms with Crippen LogP contribution in [-0.2, 0) is 5.60 Å². The van der Waals surface area contributed by atoms with E-state index in [1.54, 1.807) is 6.20 Å². The van der Waals surface area contributed by atoms with Crippen molar-refractivity contribution in [3.05, 3.63) is 23.4 Å². The molecule has 1 aromatic heterocycles. The summed E-state index contributed by atoms with van der Waals surface area (Å²) in [5.41, 5.74) is 6.83. The highest BCUT2D eigenvalue weighted by Crippen LogP contribution is 2.35. The van der Waals surface area contributed by atoms with Gasteiger partial charge in [-0.1, -0.05) is 0 Å². The van der Waals surface area contributed by atoms with E-state index >= 15 is 0 Å². The summed E-state index contributed by atoms with van der Waals surface area (Å²) in [5.74, 6) is 0.452. The van der Waals surface area contributed by atoms with Crippen LogP contribution in [0.5, 0.6) is 0 Å². The SMILES string of the molecule is Cc1ccnc(N)c1C1(O)CCN(C)C1. The molecule has 1 unspecified atom stereocenters. The molecule has 4 nitrogen and oxygen atoms in total. The summed E-state index contributed by atoms with van der Waals surface area (Å²) in [7, 11) is 2.00. The Hall–Kier alpha value is -1.13. The minimum absolute atomic E-state index is 0.452. The number of aromatic nitrogens is 1. The normalized spacial score (nSPS) is 27.1. The van der Waals surface area contributed by atoms with Gasteiger partial charge in [0.25, 0.3) is 0 Å². The number of aryl methyl sites for hydroxylation is 1. The molecule has 3 N–H and O–H groups in total. The van der Waals surface area contributed by atoms with Crippen LogP contribution in [0.2, 0.25) is 0 Å². The van der Waals surface area contributed by atoms with E-state index in [1.165, 1.54) is 0 Å². The number of β-amino-alcohol motifs (C(OH)–C–C–N with tert-alkyl or cyclic N) is 1. The van der Waals surface area contributed by atoms with Gasteiger partial charge >= 0.3 is 0 Å². The topological polar surface area (TPSA) is 62.4 Å². The van der Waals surface area contributed by atoms with Crippen molar-refractivity contribution in [2.24, 2.45) is 0 Å². The molecular weight excluding hydrogens is 190 g/mol. The Morgan fingerprint density at radius 1 is 1.60 bits per heavy atom. The maximum Gasteiger partial charge on any atom is 0.129 e. The van der Waals surface area contributed by atoms with E-state index in [1.807, 2.05) is 20.0 Å². The molecule has 2 rings (SSSR count). The first-order valence-corrected chi connectivity index (χ1v) is 5.15. The van der Waals surface area contributed by atoms with Crippen LogP contribution in [-0.4, -0.2) is 35.1 Å². The Morgan fingerprint density at radius 2 is 2.33 bits per heavy atom. The molecule has 15 heavy (non-hydrogen) atoms. The van der Waals surface area contributed by atoms with Gasteiger partial charge in [0.05, 0.1) is 0 Å². The monoisotopic (exact) mass is 207 g/mol. The third-order valence-electron chi connectivity index (χ3n) is 3.09. The summed E-state index contributed by atoms with van der Waals surface area (Å²) in [5, 5.41) is 10.5. The summed E-state index contributed by atoms with van der Waals surface area (Å²) in [6.45, 7) is 3.48. The number of pyridine rings is 1. The minimum Gasteiger partial charge on any atom is -0.384 e. The van der Waals surface area contributed by atoms with Gasteiger partial charge in [-0.05, 0) is 32.0 Å². The minimum atomic E-state index is -0.822. The van der Waals surface area contributed by atoms with E-state index < -0.39 is 5.60 Å². The van der Waals surface area contributed by atoms with E-state index in [9.17, 15) is 5.11 Å². The van der Waals surface area contributed by atoms with Gasteiger partial charge in [-0.25, -0.2) is 4.98 Å². The Morgan fingerprint density at radius 3 is 2.87 bits per heavy atom. The van der Waals surface area contributed by atoms with Crippen LogP contribution < -0.4 is 5.73 Å². The van der Waals surface area contributed by atoms with Crippen LogP contribution in [0.4, 0.5) is 5.82 Å². The number of aliphatic hydroxyl groups is 1. The molecule has 1 atom stereocenters. The van der Waals surface area contributed by atoms with E-state index in [0.717, 1.165) is 24.1 Å². The highest BCUT2D eigenvalue weighted by molar-refractivity contribution is 5.48. The van der Waals surface area contributed by atoms with Gasteiger partial charge in [0.2, 0.25) is 0 Å². The predicted octanol–water partition coefficient (Wildman–Crippen LogP) is 0.495. The maximum absolute atomic E-state index is 10.5. The number of anilines is 1. The molecule has 82 valence electrons. The first-order valence-electron chi connectivity index (χ1n) is 5.15. The van der Waals surface area contributed by atoms with Crippen LogP contribution in [0.15, 0.2) is 12.3 Å². The molecule has 1 aliphatic rings. The first-order chi connectivity index (χ1) is 7.03. The predicted molar refractivity (Wildman–Crippen MR) is 59.4 cm³/mol. The van der Waals surface area contributed by atoms with Gasteiger partial charge in [0.15, 0.2) is 0 Å². The number of nitrogens with two attached hydrogens (primary N) is 1. The molecule has 4 heteroatoms. The third-order valence-corrected chi connectivity index (χ3v) is 3.09. The number of hydrogen-bond donors (Lipinski definition) is 2. The Labute approximate surface area is 89.7 Å². The van der Waals surface area contributed by atoms with Crippen molar-refractivity contribution >= 4 is 5.82 Å². The molecule has 1 fully saturated rings. The molecule has 0 amide bonds. The number of likely N-dealkylation sites (tertiary alicyclic amines) is 1.